The quantitative estimate of drug-likeness (QED) is 0.547. The molecule has 0 amide bonds. The Balaban J connectivity index is 2.69. The van der Waals surface area contributed by atoms with Crippen LogP contribution in [0.4, 0.5) is 0 Å². The number of Topliss-reactive ketones (excluding diaryl/α,β-unsaturated/α-hetero) is 1. The molecule has 0 N–H and O–H groups in total. The van der Waals surface area contributed by atoms with Crippen LogP contribution in [0, 0.1) is 11.3 Å². The topological polar surface area (TPSA) is 17.1 Å². The third-order valence-corrected chi connectivity index (χ3v) is 2.93. The molecule has 0 aromatic heterocycles. The Hall–Kier alpha value is -0.590. The lowest BCUT2D eigenvalue weighted by Gasteiger charge is -2.34. The number of ketones is 1. The van der Waals surface area contributed by atoms with Crippen molar-refractivity contribution < 1.29 is 4.79 Å². The molecule has 1 heteroatoms. The molecule has 0 aliphatic heterocycles. The van der Waals surface area contributed by atoms with E-state index in [9.17, 15) is 4.79 Å². The Labute approximate surface area is 74.9 Å². The second-order valence-corrected chi connectivity index (χ2v) is 4.59. The fraction of sp³-hybridized carbons (Fsp3) is 0.727. The minimum atomic E-state index is -0.109. The summed E-state index contributed by atoms with van der Waals surface area (Å²) in [6.45, 7) is 10.1. The van der Waals surface area contributed by atoms with Crippen LogP contribution in [0.15, 0.2) is 12.2 Å². The molecule has 1 aliphatic carbocycles. The zero-order chi connectivity index (χ0) is 9.35. The van der Waals surface area contributed by atoms with E-state index in [-0.39, 0.29) is 5.41 Å². The zero-order valence-corrected chi connectivity index (χ0v) is 8.31. The number of rotatable bonds is 1. The van der Waals surface area contributed by atoms with Gasteiger partial charge in [0.05, 0.1) is 0 Å². The molecule has 1 aliphatic rings. The van der Waals surface area contributed by atoms with Crippen LogP contribution < -0.4 is 0 Å². The largest absolute Gasteiger partial charge is 0.299 e. The van der Waals surface area contributed by atoms with E-state index in [0.29, 0.717) is 11.7 Å². The lowest BCUT2D eigenvalue weighted by atomic mass is 9.69. The molecule has 1 fully saturated rings. The summed E-state index contributed by atoms with van der Waals surface area (Å²) in [4.78, 5) is 11.5. The maximum atomic E-state index is 11.5. The van der Waals surface area contributed by atoms with E-state index in [1.165, 1.54) is 5.57 Å². The molecule has 1 rings (SSSR count). The minimum absolute atomic E-state index is 0.109. The fourth-order valence-electron chi connectivity index (χ4n) is 1.90. The van der Waals surface area contributed by atoms with E-state index in [0.717, 1.165) is 19.3 Å². The summed E-state index contributed by atoms with van der Waals surface area (Å²) in [5.41, 5.74) is 1.12. The van der Waals surface area contributed by atoms with Gasteiger partial charge in [0.25, 0.3) is 0 Å². The summed E-state index contributed by atoms with van der Waals surface area (Å²) < 4.78 is 0. The number of carbonyl (C=O) groups is 1. The van der Waals surface area contributed by atoms with Crippen LogP contribution in [0.25, 0.3) is 0 Å². The van der Waals surface area contributed by atoms with Crippen LogP contribution in [0.5, 0.6) is 0 Å². The maximum Gasteiger partial charge on any atom is 0.138 e. The summed E-state index contributed by atoms with van der Waals surface area (Å²) in [5, 5.41) is 0. The monoisotopic (exact) mass is 166 g/mol. The SMILES string of the molecule is C=C(C)C1CCC(=O)C(C)(C)C1. The van der Waals surface area contributed by atoms with Gasteiger partial charge in [0.1, 0.15) is 5.78 Å². The molecular formula is C11H18O. The Morgan fingerprint density at radius 3 is 2.58 bits per heavy atom. The van der Waals surface area contributed by atoms with E-state index in [4.69, 9.17) is 0 Å². The van der Waals surface area contributed by atoms with Crippen LogP contribution >= 0.6 is 0 Å². The second kappa shape index (κ2) is 3.04. The predicted octanol–water partition coefficient (Wildman–Crippen LogP) is 2.96. The van der Waals surface area contributed by atoms with Crippen molar-refractivity contribution in [1.29, 1.82) is 0 Å². The molecule has 1 saturated carbocycles. The second-order valence-electron chi connectivity index (χ2n) is 4.59. The first kappa shape index (κ1) is 9.50. The molecule has 0 saturated heterocycles. The lowest BCUT2D eigenvalue weighted by Crippen LogP contribution is -2.32. The van der Waals surface area contributed by atoms with Gasteiger partial charge in [0.2, 0.25) is 0 Å². The molecule has 0 radical (unpaired) electrons. The van der Waals surface area contributed by atoms with Crippen LogP contribution in [0.2, 0.25) is 0 Å². The van der Waals surface area contributed by atoms with Crippen LogP contribution in [-0.4, -0.2) is 5.78 Å². The molecular weight excluding hydrogens is 148 g/mol. The Bertz CT molecular complexity index is 213. The van der Waals surface area contributed by atoms with Gasteiger partial charge in [-0.1, -0.05) is 26.0 Å². The van der Waals surface area contributed by atoms with Gasteiger partial charge in [-0.25, -0.2) is 0 Å². The van der Waals surface area contributed by atoms with Crippen molar-refractivity contribution in [3.63, 3.8) is 0 Å². The smallest absolute Gasteiger partial charge is 0.138 e. The van der Waals surface area contributed by atoms with Crippen molar-refractivity contribution in [3.8, 4) is 0 Å². The van der Waals surface area contributed by atoms with Crippen LogP contribution in [-0.2, 0) is 4.79 Å². The molecule has 0 aromatic carbocycles. The summed E-state index contributed by atoms with van der Waals surface area (Å²) in [5.74, 6) is 0.984. The third-order valence-electron chi connectivity index (χ3n) is 2.93. The van der Waals surface area contributed by atoms with E-state index in [1.54, 1.807) is 0 Å². The van der Waals surface area contributed by atoms with Crippen molar-refractivity contribution >= 4 is 5.78 Å². The van der Waals surface area contributed by atoms with E-state index < -0.39 is 0 Å². The highest BCUT2D eigenvalue weighted by Crippen LogP contribution is 2.38. The van der Waals surface area contributed by atoms with Gasteiger partial charge >= 0.3 is 0 Å². The Morgan fingerprint density at radius 1 is 1.58 bits per heavy atom. The summed E-state index contributed by atoms with van der Waals surface area (Å²) in [6.07, 6.45) is 2.74. The lowest BCUT2D eigenvalue weighted by molar-refractivity contribution is -0.130. The molecule has 1 atom stereocenters. The highest BCUT2D eigenvalue weighted by Gasteiger charge is 2.35. The molecule has 0 bridgehead atoms. The van der Waals surface area contributed by atoms with Crippen LogP contribution in [0.3, 0.4) is 0 Å². The first-order valence-electron chi connectivity index (χ1n) is 4.62. The van der Waals surface area contributed by atoms with Crippen LogP contribution in [0.1, 0.15) is 40.0 Å². The highest BCUT2D eigenvalue weighted by atomic mass is 16.1. The summed E-state index contributed by atoms with van der Waals surface area (Å²) in [6, 6.07) is 0. The van der Waals surface area contributed by atoms with Crippen molar-refractivity contribution in [2.75, 3.05) is 0 Å². The average Bonchev–Trinajstić information content (AvgIpc) is 1.94. The molecule has 1 nitrogen and oxygen atoms in total. The third kappa shape index (κ3) is 1.77. The average molecular weight is 166 g/mol. The number of carbonyl (C=O) groups excluding carboxylic acids is 1. The molecule has 0 aromatic rings. The summed E-state index contributed by atoms with van der Waals surface area (Å²) in [7, 11) is 0. The maximum absolute atomic E-state index is 11.5. The number of hydrogen-bond donors (Lipinski definition) is 0. The van der Waals surface area contributed by atoms with Crippen molar-refractivity contribution in [1.82, 2.24) is 0 Å². The van der Waals surface area contributed by atoms with E-state index >= 15 is 0 Å². The van der Waals surface area contributed by atoms with E-state index in [1.807, 2.05) is 13.8 Å². The van der Waals surface area contributed by atoms with Crippen molar-refractivity contribution in [2.24, 2.45) is 11.3 Å². The molecule has 12 heavy (non-hydrogen) atoms. The highest BCUT2D eigenvalue weighted by molar-refractivity contribution is 5.84. The van der Waals surface area contributed by atoms with Gasteiger partial charge in [0.15, 0.2) is 0 Å². The first-order valence-corrected chi connectivity index (χ1v) is 4.62. The minimum Gasteiger partial charge on any atom is -0.299 e. The summed E-state index contributed by atoms with van der Waals surface area (Å²) >= 11 is 0. The zero-order valence-electron chi connectivity index (χ0n) is 8.31. The van der Waals surface area contributed by atoms with Gasteiger partial charge < -0.3 is 0 Å². The first-order chi connectivity index (χ1) is 5.43. The number of hydrogen-bond acceptors (Lipinski definition) is 1. The Kier molecular flexibility index (Phi) is 2.41. The van der Waals surface area contributed by atoms with Crippen molar-refractivity contribution in [2.45, 2.75) is 40.0 Å². The van der Waals surface area contributed by atoms with Gasteiger partial charge in [-0.2, -0.15) is 0 Å². The van der Waals surface area contributed by atoms with Crippen molar-refractivity contribution in [3.05, 3.63) is 12.2 Å². The fourth-order valence-corrected chi connectivity index (χ4v) is 1.90. The van der Waals surface area contributed by atoms with Gasteiger partial charge in [-0.05, 0) is 25.7 Å². The molecule has 0 heterocycles. The normalized spacial score (nSPS) is 28.6. The van der Waals surface area contributed by atoms with E-state index in [2.05, 4.69) is 13.5 Å². The molecule has 68 valence electrons. The Morgan fingerprint density at radius 2 is 2.17 bits per heavy atom. The molecule has 1 unspecified atom stereocenters. The standard InChI is InChI=1S/C11H18O/c1-8(2)9-5-6-10(12)11(3,4)7-9/h9H,1,5-7H2,2-4H3. The molecule has 0 spiro atoms. The van der Waals surface area contributed by atoms with Gasteiger partial charge in [-0.15, -0.1) is 0 Å². The predicted molar refractivity (Wildman–Crippen MR) is 50.9 cm³/mol. The number of allylic oxidation sites excluding steroid dienone is 1. The van der Waals surface area contributed by atoms with Gasteiger partial charge in [0, 0.05) is 11.8 Å². The van der Waals surface area contributed by atoms with Gasteiger partial charge in [-0.3, -0.25) is 4.79 Å².